The fourth-order valence-electron chi connectivity index (χ4n) is 0.517. The Balaban J connectivity index is 3.79. The summed E-state index contributed by atoms with van der Waals surface area (Å²) in [6.07, 6.45) is 2.72. The summed E-state index contributed by atoms with van der Waals surface area (Å²) in [4.78, 5) is 10.7. The molecule has 1 N–H and O–H groups in total. The Morgan fingerprint density at radius 2 is 2.15 bits per heavy atom. The monoisotopic (exact) mass is 208 g/mol. The summed E-state index contributed by atoms with van der Waals surface area (Å²) in [5.74, 6) is -1.18. The fourth-order valence-corrected chi connectivity index (χ4v) is 0.856. The Kier molecular flexibility index (Phi) is 5.33. The molecule has 0 amide bonds. The van der Waals surface area contributed by atoms with E-state index in [-0.39, 0.29) is 0 Å². The maximum atomic E-state index is 10.7. The van der Waals surface area contributed by atoms with E-state index in [1.54, 1.807) is 0 Å². The molecule has 0 aromatic carbocycles. The van der Waals surface area contributed by atoms with Crippen molar-refractivity contribution in [3.8, 4) is 0 Å². The lowest BCUT2D eigenvalue weighted by Gasteiger charge is -1.96. The van der Waals surface area contributed by atoms with Gasteiger partial charge in [-0.15, -0.1) is 0 Å². The van der Waals surface area contributed by atoms with Crippen LogP contribution in [0.15, 0.2) is 12.2 Å². The zero-order chi connectivity index (χ0) is 10.3. The molecule has 0 aromatic heterocycles. The zero-order valence-corrected chi connectivity index (χ0v) is 8.08. The summed E-state index contributed by atoms with van der Waals surface area (Å²) in [7, 11) is -4.03. The lowest BCUT2D eigenvalue weighted by Crippen LogP contribution is -2.04. The number of rotatable bonds is 5. The van der Waals surface area contributed by atoms with Crippen LogP contribution in [0.25, 0.3) is 0 Å². The highest BCUT2D eigenvalue weighted by atomic mass is 32.2. The minimum absolute atomic E-state index is 0.301. The second-order valence-electron chi connectivity index (χ2n) is 2.32. The van der Waals surface area contributed by atoms with Crippen molar-refractivity contribution < 1.29 is 22.5 Å². The first-order chi connectivity index (χ1) is 5.95. The quantitative estimate of drug-likeness (QED) is 0.401. The Hall–Kier alpha value is -0.880. The van der Waals surface area contributed by atoms with Crippen LogP contribution in [-0.2, 0) is 19.6 Å². The van der Waals surface area contributed by atoms with Gasteiger partial charge in [0.05, 0.1) is 12.4 Å². The zero-order valence-electron chi connectivity index (χ0n) is 7.26. The molecule has 0 aliphatic rings. The maximum absolute atomic E-state index is 10.7. The van der Waals surface area contributed by atoms with Gasteiger partial charge >= 0.3 is 5.97 Å². The lowest BCUT2D eigenvalue weighted by atomic mass is 10.5. The van der Waals surface area contributed by atoms with E-state index in [9.17, 15) is 13.2 Å². The van der Waals surface area contributed by atoms with E-state index in [1.165, 1.54) is 0 Å². The first-order valence-corrected chi connectivity index (χ1v) is 5.35. The van der Waals surface area contributed by atoms with E-state index in [0.717, 1.165) is 12.2 Å². The van der Waals surface area contributed by atoms with Crippen LogP contribution in [0.4, 0.5) is 0 Å². The average Bonchev–Trinajstić information content (AvgIpc) is 1.98. The smallest absolute Gasteiger partial charge is 0.330 e. The molecule has 5 nitrogen and oxygen atoms in total. The standard InChI is InChI=1S/C7H12O5S/c1-2-5-12-7(8)4-3-6-13(9,10)11/h3-4H,2,5-6H2,1H3,(H,9,10,11). The predicted molar refractivity (Wildman–Crippen MR) is 46.8 cm³/mol. The summed E-state index contributed by atoms with van der Waals surface area (Å²) < 4.78 is 33.2. The van der Waals surface area contributed by atoms with Gasteiger partial charge in [-0.25, -0.2) is 4.79 Å². The minimum atomic E-state index is -4.03. The molecular weight excluding hydrogens is 196 g/mol. The summed E-state index contributed by atoms with van der Waals surface area (Å²) in [5, 5.41) is 0. The molecule has 13 heavy (non-hydrogen) atoms. The molecule has 0 spiro atoms. The predicted octanol–water partition coefficient (Wildman–Crippen LogP) is 0.384. The highest BCUT2D eigenvalue weighted by Gasteiger charge is 2.00. The van der Waals surface area contributed by atoms with Crippen LogP contribution in [0.2, 0.25) is 0 Å². The van der Waals surface area contributed by atoms with Gasteiger partial charge < -0.3 is 4.74 Å². The number of ether oxygens (including phenoxy) is 1. The highest BCUT2D eigenvalue weighted by molar-refractivity contribution is 7.85. The number of hydrogen-bond acceptors (Lipinski definition) is 4. The van der Waals surface area contributed by atoms with Crippen molar-refractivity contribution in [1.29, 1.82) is 0 Å². The van der Waals surface area contributed by atoms with Gasteiger partial charge in [-0.2, -0.15) is 8.42 Å². The van der Waals surface area contributed by atoms with E-state index in [2.05, 4.69) is 4.74 Å². The second kappa shape index (κ2) is 5.71. The molecule has 0 rings (SSSR count). The third-order valence-electron chi connectivity index (χ3n) is 1.01. The van der Waals surface area contributed by atoms with Gasteiger partial charge in [0.1, 0.15) is 0 Å². The Morgan fingerprint density at radius 3 is 2.62 bits per heavy atom. The lowest BCUT2D eigenvalue weighted by molar-refractivity contribution is -0.137. The largest absolute Gasteiger partial charge is 0.463 e. The van der Waals surface area contributed by atoms with Gasteiger partial charge in [-0.05, 0) is 6.42 Å². The van der Waals surface area contributed by atoms with Gasteiger partial charge in [0.25, 0.3) is 10.1 Å². The second-order valence-corrected chi connectivity index (χ2v) is 3.82. The SMILES string of the molecule is CCCOC(=O)C=CCS(=O)(=O)O. The van der Waals surface area contributed by atoms with Crippen molar-refractivity contribution in [3.05, 3.63) is 12.2 Å². The van der Waals surface area contributed by atoms with Crippen LogP contribution in [-0.4, -0.2) is 31.3 Å². The van der Waals surface area contributed by atoms with Crippen molar-refractivity contribution in [2.45, 2.75) is 13.3 Å². The molecule has 0 saturated carbocycles. The van der Waals surface area contributed by atoms with E-state index in [4.69, 9.17) is 4.55 Å². The average molecular weight is 208 g/mol. The molecule has 0 heterocycles. The molecule has 6 heteroatoms. The van der Waals surface area contributed by atoms with E-state index < -0.39 is 21.8 Å². The molecule has 76 valence electrons. The fraction of sp³-hybridized carbons (Fsp3) is 0.571. The Bertz CT molecular complexity index is 277. The van der Waals surface area contributed by atoms with Crippen LogP contribution in [0.3, 0.4) is 0 Å². The third-order valence-corrected chi connectivity index (χ3v) is 1.62. The van der Waals surface area contributed by atoms with Crippen LogP contribution >= 0.6 is 0 Å². The molecule has 0 aliphatic heterocycles. The number of carbonyl (C=O) groups is 1. The van der Waals surface area contributed by atoms with Crippen molar-refractivity contribution in [2.24, 2.45) is 0 Å². The van der Waals surface area contributed by atoms with Gasteiger partial charge in [-0.1, -0.05) is 13.0 Å². The number of carbonyl (C=O) groups excluding carboxylic acids is 1. The minimum Gasteiger partial charge on any atom is -0.463 e. The molecule has 0 aromatic rings. The van der Waals surface area contributed by atoms with Gasteiger partial charge in [0.2, 0.25) is 0 Å². The summed E-state index contributed by atoms with van der Waals surface area (Å²) in [6, 6.07) is 0. The van der Waals surface area contributed by atoms with Gasteiger partial charge in [0, 0.05) is 6.08 Å². The molecule has 0 fully saturated rings. The normalized spacial score (nSPS) is 11.8. The summed E-state index contributed by atoms with van der Waals surface area (Å²) >= 11 is 0. The Morgan fingerprint density at radius 1 is 1.54 bits per heavy atom. The number of esters is 1. The van der Waals surface area contributed by atoms with E-state index in [0.29, 0.717) is 13.0 Å². The molecule has 0 aliphatic carbocycles. The van der Waals surface area contributed by atoms with Crippen molar-refractivity contribution in [1.82, 2.24) is 0 Å². The molecular formula is C7H12O5S. The molecule has 0 bridgehead atoms. The topological polar surface area (TPSA) is 80.7 Å². The van der Waals surface area contributed by atoms with Crippen molar-refractivity contribution in [3.63, 3.8) is 0 Å². The number of hydrogen-bond donors (Lipinski definition) is 1. The van der Waals surface area contributed by atoms with Gasteiger partial charge in [-0.3, -0.25) is 4.55 Å². The van der Waals surface area contributed by atoms with E-state index in [1.807, 2.05) is 6.92 Å². The van der Waals surface area contributed by atoms with Gasteiger partial charge in [0.15, 0.2) is 0 Å². The maximum Gasteiger partial charge on any atom is 0.330 e. The van der Waals surface area contributed by atoms with Crippen LogP contribution in [0.1, 0.15) is 13.3 Å². The van der Waals surface area contributed by atoms with Crippen LogP contribution in [0.5, 0.6) is 0 Å². The van der Waals surface area contributed by atoms with Crippen molar-refractivity contribution >= 4 is 16.1 Å². The summed E-state index contributed by atoms with van der Waals surface area (Å²) in [5.41, 5.74) is 0. The third kappa shape index (κ3) is 9.03. The Labute approximate surface area is 77.1 Å². The molecule has 0 radical (unpaired) electrons. The highest BCUT2D eigenvalue weighted by Crippen LogP contribution is 1.87. The first kappa shape index (κ1) is 12.1. The first-order valence-electron chi connectivity index (χ1n) is 3.74. The van der Waals surface area contributed by atoms with Crippen LogP contribution in [0, 0.1) is 0 Å². The van der Waals surface area contributed by atoms with E-state index >= 15 is 0 Å². The molecule has 0 unspecified atom stereocenters. The molecule has 0 saturated heterocycles. The summed E-state index contributed by atoms with van der Waals surface area (Å²) in [6.45, 7) is 2.14. The van der Waals surface area contributed by atoms with Crippen molar-refractivity contribution in [2.75, 3.05) is 12.4 Å². The van der Waals surface area contributed by atoms with Crippen LogP contribution < -0.4 is 0 Å². The molecule has 0 atom stereocenters.